The van der Waals surface area contributed by atoms with Crippen LogP contribution in [0.4, 0.5) is 9.59 Å². The van der Waals surface area contributed by atoms with Gasteiger partial charge in [0.05, 0.1) is 10.8 Å². The number of ether oxygens (including phenoxy) is 4. The molecular weight excluding hydrogens is 773 g/mol. The summed E-state index contributed by atoms with van der Waals surface area (Å²) in [5, 5.41) is 3.02. The highest BCUT2D eigenvalue weighted by Gasteiger charge is 2.57. The summed E-state index contributed by atoms with van der Waals surface area (Å²) in [6, 6.07) is 0. The minimum Gasteiger partial charge on any atom is -0.458 e. The summed E-state index contributed by atoms with van der Waals surface area (Å²) >= 11 is 1.43. The summed E-state index contributed by atoms with van der Waals surface area (Å²) in [5.74, 6) is -2.31. The molecule has 24 heteroatoms. The van der Waals surface area contributed by atoms with Crippen LogP contribution in [0.15, 0.2) is 0 Å². The standard InChI is InChI=1S/C27H55N2O17S2Si3/c1-15(14-48-46-49(34)35)20(43-17(3)31)22(45-26(33)29-8)23(47-9)24(51(39,40)41)21(42-13-16(2)30)19(44-25(32)28-7)11-10-18(50(36,37)38)12-27(4,5)6/h15,18-24,34-41H,10-14H2,1-9H3,(H,28,32)(H,29,33). The second-order valence-corrected chi connectivity index (χ2v) is 20.2. The van der Waals surface area contributed by atoms with Gasteiger partial charge < -0.3 is 71.8 Å². The van der Waals surface area contributed by atoms with Gasteiger partial charge in [-0.25, -0.2) is 9.59 Å². The summed E-state index contributed by atoms with van der Waals surface area (Å²) in [6.45, 7) is 8.43. The molecule has 0 aliphatic carbocycles. The first kappa shape index (κ1) is 49.6. The van der Waals surface area contributed by atoms with Crippen LogP contribution < -0.4 is 10.6 Å². The molecule has 2 amide bonds. The fourth-order valence-electron chi connectivity index (χ4n) is 5.28. The molecule has 51 heavy (non-hydrogen) atoms. The number of ketones is 1. The van der Waals surface area contributed by atoms with E-state index in [4.69, 9.17) is 22.8 Å². The quantitative estimate of drug-likeness (QED) is 0.0259. The molecule has 0 rings (SSSR count). The van der Waals surface area contributed by atoms with Crippen molar-refractivity contribution in [2.24, 2.45) is 11.3 Å². The highest BCUT2D eigenvalue weighted by atomic mass is 32.2. The monoisotopic (exact) mass is 827 g/mol. The Morgan fingerprint density at radius 2 is 1.37 bits per heavy atom. The summed E-state index contributed by atoms with van der Waals surface area (Å²) in [7, 11) is -11.1. The third-order valence-electron chi connectivity index (χ3n) is 7.36. The molecule has 299 valence electrons. The van der Waals surface area contributed by atoms with Crippen LogP contribution in [0.3, 0.4) is 0 Å². The maximum absolute atomic E-state index is 12.7. The van der Waals surface area contributed by atoms with Crippen LogP contribution in [0.1, 0.15) is 60.8 Å². The Kier molecular flexibility index (Phi) is 22.1. The average Bonchev–Trinajstić information content (AvgIpc) is 2.97. The maximum Gasteiger partial charge on any atom is 0.584 e. The normalized spacial score (nSPS) is 17.3. The van der Waals surface area contributed by atoms with Crippen LogP contribution in [-0.2, 0) is 32.4 Å². The summed E-state index contributed by atoms with van der Waals surface area (Å²) < 4.78 is 27.5. The molecule has 0 aromatic heterocycles. The van der Waals surface area contributed by atoms with Crippen molar-refractivity contribution in [2.45, 2.75) is 102 Å². The smallest absolute Gasteiger partial charge is 0.458 e. The molecule has 0 saturated carbocycles. The molecule has 0 aromatic carbocycles. The van der Waals surface area contributed by atoms with Crippen molar-refractivity contribution >= 4 is 74.9 Å². The van der Waals surface area contributed by atoms with Gasteiger partial charge >= 0.3 is 45.3 Å². The van der Waals surface area contributed by atoms with E-state index in [1.54, 1.807) is 20.8 Å². The van der Waals surface area contributed by atoms with Crippen molar-refractivity contribution in [3.05, 3.63) is 0 Å². The molecule has 10 N–H and O–H groups in total. The molecule has 8 unspecified atom stereocenters. The van der Waals surface area contributed by atoms with E-state index in [1.165, 1.54) is 27.3 Å². The van der Waals surface area contributed by atoms with E-state index >= 15 is 0 Å². The summed E-state index contributed by atoms with van der Waals surface area (Å²) in [5.41, 5.74) is -3.56. The predicted molar refractivity (Wildman–Crippen MR) is 190 cm³/mol. The molecule has 0 spiro atoms. The lowest BCUT2D eigenvalue weighted by molar-refractivity contribution is -0.156. The molecule has 0 bridgehead atoms. The fraction of sp³-hybridized carbons (Fsp3) is 0.852. The van der Waals surface area contributed by atoms with Gasteiger partial charge in [-0.05, 0) is 49.9 Å². The van der Waals surface area contributed by atoms with Gasteiger partial charge in [0, 0.05) is 38.2 Å². The molecular formula is C27H55N2O17S2Si3. The second-order valence-electron chi connectivity index (χ2n) is 13.1. The summed E-state index contributed by atoms with van der Waals surface area (Å²) in [6.07, 6.45) is -7.55. The number of hydrogen-bond donors (Lipinski definition) is 10. The molecule has 0 saturated heterocycles. The van der Waals surface area contributed by atoms with Crippen molar-refractivity contribution in [1.29, 1.82) is 0 Å². The Bertz CT molecular complexity index is 1090. The fourth-order valence-corrected chi connectivity index (χ4v) is 11.1. The van der Waals surface area contributed by atoms with E-state index in [1.807, 2.05) is 0 Å². The number of carbonyl (C=O) groups is 4. The lowest BCUT2D eigenvalue weighted by Crippen LogP contribution is -2.60. The number of esters is 1. The third kappa shape index (κ3) is 19.5. The van der Waals surface area contributed by atoms with Gasteiger partial charge in [0.25, 0.3) is 0 Å². The van der Waals surface area contributed by atoms with Gasteiger partial charge in [0.2, 0.25) is 0 Å². The Balaban J connectivity index is 7.55. The number of hydrogen-bond acceptors (Lipinski definition) is 19. The minimum absolute atomic E-state index is 0.0799. The molecule has 8 atom stereocenters. The number of rotatable bonds is 23. The lowest BCUT2D eigenvalue weighted by atomic mass is 9.88. The second kappa shape index (κ2) is 22.8. The lowest BCUT2D eigenvalue weighted by Gasteiger charge is -2.43. The van der Waals surface area contributed by atoms with Gasteiger partial charge in [0.1, 0.15) is 24.9 Å². The first-order chi connectivity index (χ1) is 23.3. The van der Waals surface area contributed by atoms with Crippen LogP contribution in [0.2, 0.25) is 11.1 Å². The molecule has 0 aromatic rings. The largest absolute Gasteiger partial charge is 0.584 e. The van der Waals surface area contributed by atoms with Crippen LogP contribution in [0.5, 0.6) is 0 Å². The van der Waals surface area contributed by atoms with Gasteiger partial charge in [-0.15, -0.1) is 0 Å². The van der Waals surface area contributed by atoms with Crippen LogP contribution in [0.25, 0.3) is 0 Å². The first-order valence-electron chi connectivity index (χ1n) is 15.7. The van der Waals surface area contributed by atoms with Crippen molar-refractivity contribution in [3.63, 3.8) is 0 Å². The number of amides is 2. The number of Topliss-reactive ketones (excluding diaryl/α,β-unsaturated/α-hetero) is 1. The molecule has 0 fully saturated rings. The number of carbonyl (C=O) groups excluding carboxylic acids is 4. The predicted octanol–water partition coefficient (Wildman–Crippen LogP) is -0.868. The number of thioether (sulfide) groups is 1. The molecule has 0 aliphatic heterocycles. The third-order valence-corrected chi connectivity index (χ3v) is 13.6. The van der Waals surface area contributed by atoms with E-state index in [0.717, 1.165) is 25.6 Å². The average molecular weight is 828 g/mol. The van der Waals surface area contributed by atoms with Crippen molar-refractivity contribution < 1.29 is 80.4 Å². The van der Waals surface area contributed by atoms with Gasteiger partial charge in [-0.1, -0.05) is 27.7 Å². The zero-order chi connectivity index (χ0) is 39.9. The van der Waals surface area contributed by atoms with Gasteiger partial charge in [0.15, 0.2) is 11.9 Å². The van der Waals surface area contributed by atoms with Gasteiger partial charge in [-0.2, -0.15) is 11.8 Å². The van der Waals surface area contributed by atoms with E-state index in [9.17, 15) is 57.5 Å². The Hall–Kier alpha value is -1.37. The molecule has 0 heterocycles. The SMILES string of the molecule is CNC(=O)OC(CCC(CC(C)(C)C)[Si](O)(O)O)C(OCC(C)=O)C(C(SC)C(OC(=O)NC)C(OC(C)=O)C(C)CSO[Si](O)O)[Si](O)(O)O. The highest BCUT2D eigenvalue weighted by Crippen LogP contribution is 2.43. The van der Waals surface area contributed by atoms with Crippen molar-refractivity contribution in [2.75, 3.05) is 32.7 Å². The van der Waals surface area contributed by atoms with E-state index in [2.05, 4.69) is 10.6 Å². The van der Waals surface area contributed by atoms with E-state index < -0.39 is 110 Å². The van der Waals surface area contributed by atoms with Crippen molar-refractivity contribution in [1.82, 2.24) is 10.6 Å². The molecule has 0 aliphatic rings. The Labute approximate surface area is 310 Å². The van der Waals surface area contributed by atoms with Crippen LogP contribution in [0, 0.1) is 11.3 Å². The Morgan fingerprint density at radius 3 is 1.78 bits per heavy atom. The van der Waals surface area contributed by atoms with E-state index in [-0.39, 0.29) is 25.0 Å². The molecule has 19 nitrogen and oxygen atoms in total. The highest BCUT2D eigenvalue weighted by molar-refractivity contribution is 7.99. The Morgan fingerprint density at radius 1 is 0.824 bits per heavy atom. The zero-order valence-electron chi connectivity index (χ0n) is 30.2. The van der Waals surface area contributed by atoms with Crippen LogP contribution >= 0.6 is 23.8 Å². The number of nitrogens with one attached hydrogen (secondary N) is 2. The van der Waals surface area contributed by atoms with Crippen molar-refractivity contribution in [3.8, 4) is 0 Å². The molecule has 1 radical (unpaired) electrons. The topological polar surface area (TPSA) is 300 Å². The zero-order valence-corrected chi connectivity index (χ0v) is 34.9. The van der Waals surface area contributed by atoms with Gasteiger partial charge in [-0.3, -0.25) is 9.59 Å². The van der Waals surface area contributed by atoms with Crippen LogP contribution in [-0.4, -0.2) is 152 Å². The minimum atomic E-state index is -5.60. The number of alkyl carbamates (subject to hydrolysis) is 2. The maximum atomic E-state index is 12.7. The summed E-state index contributed by atoms with van der Waals surface area (Å²) in [4.78, 5) is 133. The van der Waals surface area contributed by atoms with E-state index in [0.29, 0.717) is 12.0 Å². The first-order valence-corrected chi connectivity index (χ1v) is 23.1.